The third kappa shape index (κ3) is 3.76. The van der Waals surface area contributed by atoms with Gasteiger partial charge in [-0.25, -0.2) is 0 Å². The molecule has 2 rings (SSSR count). The highest BCUT2D eigenvalue weighted by Gasteiger charge is 2.04. The van der Waals surface area contributed by atoms with Gasteiger partial charge in [-0.15, -0.1) is 0 Å². The fourth-order valence-corrected chi connectivity index (χ4v) is 2.62. The van der Waals surface area contributed by atoms with Crippen LogP contribution in [0.15, 0.2) is 46.9 Å². The Morgan fingerprint density at radius 3 is 2.45 bits per heavy atom. The number of nitrogens with zero attached hydrogens (tertiary/aromatic N) is 1. The molecule has 0 amide bonds. The summed E-state index contributed by atoms with van der Waals surface area (Å²) < 4.78 is 1.15. The summed E-state index contributed by atoms with van der Waals surface area (Å²) in [6.07, 6.45) is 1.05. The molecule has 106 valence electrons. The standard InChI is InChI=1S/C17H21BrN2/c1-13-4-5-15(18)12-14(13)10-11-20(3)17-8-6-16(19-2)7-9-17/h4-9,12,19H,10-11H2,1-3H3. The van der Waals surface area contributed by atoms with Gasteiger partial charge in [0.15, 0.2) is 0 Å². The van der Waals surface area contributed by atoms with Crippen LogP contribution in [0.5, 0.6) is 0 Å². The van der Waals surface area contributed by atoms with Gasteiger partial charge in [0.2, 0.25) is 0 Å². The zero-order chi connectivity index (χ0) is 14.5. The maximum atomic E-state index is 3.54. The maximum absolute atomic E-state index is 3.54. The van der Waals surface area contributed by atoms with Crippen molar-refractivity contribution in [1.82, 2.24) is 0 Å². The van der Waals surface area contributed by atoms with Crippen LogP contribution in [0.25, 0.3) is 0 Å². The summed E-state index contributed by atoms with van der Waals surface area (Å²) in [5.74, 6) is 0. The molecule has 2 aromatic rings. The van der Waals surface area contributed by atoms with E-state index in [0.29, 0.717) is 0 Å². The largest absolute Gasteiger partial charge is 0.388 e. The number of halogens is 1. The van der Waals surface area contributed by atoms with Crippen molar-refractivity contribution in [3.8, 4) is 0 Å². The zero-order valence-electron chi connectivity index (χ0n) is 12.3. The molecule has 0 aliphatic heterocycles. The molecule has 0 atom stereocenters. The Morgan fingerprint density at radius 2 is 1.80 bits per heavy atom. The van der Waals surface area contributed by atoms with E-state index in [1.54, 1.807) is 0 Å². The molecule has 0 fully saturated rings. The van der Waals surface area contributed by atoms with Crippen LogP contribution in [0.2, 0.25) is 0 Å². The first-order valence-corrected chi connectivity index (χ1v) is 7.63. The van der Waals surface area contributed by atoms with E-state index in [9.17, 15) is 0 Å². The van der Waals surface area contributed by atoms with Gasteiger partial charge >= 0.3 is 0 Å². The Balaban J connectivity index is 2.00. The minimum Gasteiger partial charge on any atom is -0.388 e. The minimum absolute atomic E-state index is 1.01. The third-order valence-corrected chi connectivity index (χ3v) is 4.12. The lowest BCUT2D eigenvalue weighted by Gasteiger charge is -2.20. The van der Waals surface area contributed by atoms with Crippen molar-refractivity contribution in [2.24, 2.45) is 0 Å². The summed E-state index contributed by atoms with van der Waals surface area (Å²) in [6.45, 7) is 3.18. The van der Waals surface area contributed by atoms with Crippen molar-refractivity contribution in [2.45, 2.75) is 13.3 Å². The number of benzene rings is 2. The molecule has 0 radical (unpaired) electrons. The number of hydrogen-bond donors (Lipinski definition) is 1. The first-order valence-electron chi connectivity index (χ1n) is 6.84. The predicted octanol–water partition coefficient (Wildman–Crippen LogP) is 4.48. The van der Waals surface area contributed by atoms with Crippen molar-refractivity contribution in [3.63, 3.8) is 0 Å². The summed E-state index contributed by atoms with van der Waals surface area (Å²) in [7, 11) is 4.08. The molecule has 0 saturated carbocycles. The molecule has 20 heavy (non-hydrogen) atoms. The van der Waals surface area contributed by atoms with E-state index < -0.39 is 0 Å². The highest BCUT2D eigenvalue weighted by Crippen LogP contribution is 2.19. The van der Waals surface area contributed by atoms with Gasteiger partial charge < -0.3 is 10.2 Å². The molecule has 2 aromatic carbocycles. The van der Waals surface area contributed by atoms with Gasteiger partial charge in [0.1, 0.15) is 0 Å². The Hall–Kier alpha value is -1.48. The van der Waals surface area contributed by atoms with Gasteiger partial charge in [0, 0.05) is 36.5 Å². The second-order valence-corrected chi connectivity index (χ2v) is 5.95. The number of nitrogens with one attached hydrogen (secondary N) is 1. The number of anilines is 2. The van der Waals surface area contributed by atoms with Crippen molar-refractivity contribution in [3.05, 3.63) is 58.1 Å². The molecular formula is C17H21BrN2. The molecule has 0 unspecified atom stereocenters. The van der Waals surface area contributed by atoms with Crippen molar-refractivity contribution >= 4 is 27.3 Å². The Labute approximate surface area is 129 Å². The van der Waals surface area contributed by atoms with Crippen molar-refractivity contribution < 1.29 is 0 Å². The summed E-state index contributed by atoms with van der Waals surface area (Å²) in [5, 5.41) is 3.14. The van der Waals surface area contributed by atoms with Gasteiger partial charge in [-0.05, 0) is 60.9 Å². The normalized spacial score (nSPS) is 10.4. The van der Waals surface area contributed by atoms with Crippen LogP contribution in [0.3, 0.4) is 0 Å². The zero-order valence-corrected chi connectivity index (χ0v) is 13.9. The van der Waals surface area contributed by atoms with E-state index in [0.717, 1.165) is 23.1 Å². The van der Waals surface area contributed by atoms with E-state index in [1.165, 1.54) is 16.8 Å². The van der Waals surface area contributed by atoms with Gasteiger partial charge in [-0.2, -0.15) is 0 Å². The van der Waals surface area contributed by atoms with E-state index in [4.69, 9.17) is 0 Å². The molecule has 3 heteroatoms. The van der Waals surface area contributed by atoms with E-state index in [2.05, 4.69) is 82.6 Å². The van der Waals surface area contributed by atoms with Gasteiger partial charge in [-0.3, -0.25) is 0 Å². The number of rotatable bonds is 5. The monoisotopic (exact) mass is 332 g/mol. The average molecular weight is 333 g/mol. The molecule has 0 spiro atoms. The molecule has 0 aliphatic rings. The summed E-state index contributed by atoms with van der Waals surface area (Å²) in [4.78, 5) is 2.29. The number of likely N-dealkylation sites (N-methyl/N-ethyl adjacent to an activating group) is 1. The summed E-state index contributed by atoms with van der Waals surface area (Å²) in [5.41, 5.74) is 5.15. The third-order valence-electron chi connectivity index (χ3n) is 3.62. The smallest absolute Gasteiger partial charge is 0.0365 e. The molecule has 2 nitrogen and oxygen atoms in total. The average Bonchev–Trinajstić information content (AvgIpc) is 2.48. The minimum atomic E-state index is 1.01. The Bertz CT molecular complexity index is 564. The molecular weight excluding hydrogens is 312 g/mol. The lowest BCUT2D eigenvalue weighted by Crippen LogP contribution is -2.20. The molecule has 0 bridgehead atoms. The van der Waals surface area contributed by atoms with Crippen LogP contribution in [0.4, 0.5) is 11.4 Å². The molecule has 0 aromatic heterocycles. The Kier molecular flexibility index (Phi) is 5.07. The highest BCUT2D eigenvalue weighted by atomic mass is 79.9. The first-order chi connectivity index (χ1) is 9.60. The van der Waals surface area contributed by atoms with Gasteiger partial charge in [0.05, 0.1) is 0 Å². The molecule has 1 N–H and O–H groups in total. The van der Waals surface area contributed by atoms with Crippen molar-refractivity contribution in [2.75, 3.05) is 30.9 Å². The molecule has 0 heterocycles. The van der Waals surface area contributed by atoms with E-state index in [1.807, 2.05) is 7.05 Å². The lowest BCUT2D eigenvalue weighted by atomic mass is 10.1. The van der Waals surface area contributed by atoms with Crippen LogP contribution in [-0.2, 0) is 6.42 Å². The van der Waals surface area contributed by atoms with Crippen molar-refractivity contribution in [1.29, 1.82) is 0 Å². The first kappa shape index (κ1) is 14.9. The highest BCUT2D eigenvalue weighted by molar-refractivity contribution is 9.10. The molecule has 0 saturated heterocycles. The maximum Gasteiger partial charge on any atom is 0.0365 e. The predicted molar refractivity (Wildman–Crippen MR) is 91.8 cm³/mol. The SMILES string of the molecule is CNc1ccc(N(C)CCc2cc(Br)ccc2C)cc1. The van der Waals surface area contributed by atoms with Crippen LogP contribution in [0.1, 0.15) is 11.1 Å². The second kappa shape index (κ2) is 6.80. The van der Waals surface area contributed by atoms with Gasteiger partial charge in [-0.1, -0.05) is 22.0 Å². The van der Waals surface area contributed by atoms with Crippen LogP contribution in [0, 0.1) is 6.92 Å². The topological polar surface area (TPSA) is 15.3 Å². The van der Waals surface area contributed by atoms with Crippen LogP contribution < -0.4 is 10.2 Å². The molecule has 0 aliphatic carbocycles. The number of hydrogen-bond acceptors (Lipinski definition) is 2. The van der Waals surface area contributed by atoms with E-state index >= 15 is 0 Å². The lowest BCUT2D eigenvalue weighted by molar-refractivity contribution is 0.871. The fraction of sp³-hybridized carbons (Fsp3) is 0.294. The fourth-order valence-electron chi connectivity index (χ4n) is 2.21. The summed E-state index contributed by atoms with van der Waals surface area (Å²) in [6, 6.07) is 15.0. The van der Waals surface area contributed by atoms with Crippen LogP contribution >= 0.6 is 15.9 Å². The quantitative estimate of drug-likeness (QED) is 0.868. The number of aryl methyl sites for hydroxylation is 1. The van der Waals surface area contributed by atoms with Crippen LogP contribution in [-0.4, -0.2) is 20.6 Å². The Morgan fingerprint density at radius 1 is 1.10 bits per heavy atom. The van der Waals surface area contributed by atoms with Gasteiger partial charge in [0.25, 0.3) is 0 Å². The second-order valence-electron chi connectivity index (χ2n) is 5.04. The van der Waals surface area contributed by atoms with E-state index in [-0.39, 0.29) is 0 Å². The summed E-state index contributed by atoms with van der Waals surface area (Å²) >= 11 is 3.54.